The number of carbonyl (C=O) groups is 3. The molecule has 3 amide bonds. The molecule has 1 aliphatic heterocycles. The number of carbonyl (C=O) groups excluding carboxylic acids is 2. The number of amides is 3. The predicted octanol–water partition coefficient (Wildman–Crippen LogP) is 0.147. The van der Waals surface area contributed by atoms with Gasteiger partial charge in [-0.1, -0.05) is 0 Å². The summed E-state index contributed by atoms with van der Waals surface area (Å²) >= 11 is 0. The largest absolute Gasteiger partial charge is 0.481 e. The fourth-order valence-corrected chi connectivity index (χ4v) is 2.64. The summed E-state index contributed by atoms with van der Waals surface area (Å²) in [4.78, 5) is 35.6. The monoisotopic (exact) mass is 283 g/mol. The molecule has 20 heavy (non-hydrogen) atoms. The molecule has 4 N–H and O–H groups in total. The highest BCUT2D eigenvalue weighted by Gasteiger charge is 2.35. The van der Waals surface area contributed by atoms with Gasteiger partial charge in [0.25, 0.3) is 0 Å². The SMILES string of the molecule is NC(=O)C1CCN(C(=O)NC(CC(=O)O)C2CC2)CC1. The Balaban J connectivity index is 1.82. The summed E-state index contributed by atoms with van der Waals surface area (Å²) in [5.74, 6) is -1.07. The van der Waals surface area contributed by atoms with Crippen molar-refractivity contribution in [2.45, 2.75) is 38.1 Å². The molecule has 0 radical (unpaired) electrons. The van der Waals surface area contributed by atoms with Crippen molar-refractivity contribution in [3.8, 4) is 0 Å². The normalized spacial score (nSPS) is 21.3. The van der Waals surface area contributed by atoms with Crippen molar-refractivity contribution in [1.82, 2.24) is 10.2 Å². The Bertz CT molecular complexity index is 400. The first-order chi connectivity index (χ1) is 9.47. The lowest BCUT2D eigenvalue weighted by atomic mass is 9.96. The van der Waals surface area contributed by atoms with Crippen molar-refractivity contribution >= 4 is 17.9 Å². The summed E-state index contributed by atoms with van der Waals surface area (Å²) < 4.78 is 0. The van der Waals surface area contributed by atoms with E-state index in [1.807, 2.05) is 0 Å². The second kappa shape index (κ2) is 6.11. The number of primary amides is 1. The van der Waals surface area contributed by atoms with Crippen LogP contribution in [0.25, 0.3) is 0 Å². The highest BCUT2D eigenvalue weighted by Crippen LogP contribution is 2.34. The third-order valence-electron chi connectivity index (χ3n) is 4.08. The number of rotatable bonds is 5. The molecule has 1 saturated carbocycles. The van der Waals surface area contributed by atoms with Gasteiger partial charge in [-0.25, -0.2) is 4.79 Å². The molecular weight excluding hydrogens is 262 g/mol. The van der Waals surface area contributed by atoms with Crippen molar-refractivity contribution < 1.29 is 19.5 Å². The van der Waals surface area contributed by atoms with Gasteiger partial charge in [-0.3, -0.25) is 9.59 Å². The van der Waals surface area contributed by atoms with E-state index < -0.39 is 5.97 Å². The van der Waals surface area contributed by atoms with Gasteiger partial charge in [0, 0.05) is 25.0 Å². The molecule has 1 aliphatic carbocycles. The van der Waals surface area contributed by atoms with Gasteiger partial charge < -0.3 is 21.1 Å². The number of aliphatic carboxylic acids is 1. The Morgan fingerprint density at radius 3 is 2.25 bits per heavy atom. The summed E-state index contributed by atoms with van der Waals surface area (Å²) in [6.07, 6.45) is 3.07. The van der Waals surface area contributed by atoms with Gasteiger partial charge in [0.05, 0.1) is 6.42 Å². The first-order valence-electron chi connectivity index (χ1n) is 7.04. The van der Waals surface area contributed by atoms with Crippen molar-refractivity contribution in [2.24, 2.45) is 17.6 Å². The second-order valence-corrected chi connectivity index (χ2v) is 5.65. The fourth-order valence-electron chi connectivity index (χ4n) is 2.64. The number of likely N-dealkylation sites (tertiary alicyclic amines) is 1. The average Bonchev–Trinajstić information content (AvgIpc) is 3.21. The van der Waals surface area contributed by atoms with Crippen LogP contribution in [0.4, 0.5) is 4.79 Å². The zero-order valence-electron chi connectivity index (χ0n) is 11.4. The molecule has 2 fully saturated rings. The molecule has 1 unspecified atom stereocenters. The molecule has 2 rings (SSSR count). The quantitative estimate of drug-likeness (QED) is 0.666. The lowest BCUT2D eigenvalue weighted by Gasteiger charge is -2.32. The molecule has 2 aliphatic rings. The molecule has 0 bridgehead atoms. The Kier molecular flexibility index (Phi) is 4.46. The first kappa shape index (κ1) is 14.6. The van der Waals surface area contributed by atoms with Crippen LogP contribution in [0, 0.1) is 11.8 Å². The topological polar surface area (TPSA) is 113 Å². The summed E-state index contributed by atoms with van der Waals surface area (Å²) in [6.45, 7) is 0.980. The van der Waals surface area contributed by atoms with Crippen LogP contribution in [0.5, 0.6) is 0 Å². The highest BCUT2D eigenvalue weighted by atomic mass is 16.4. The van der Waals surface area contributed by atoms with Crippen LogP contribution < -0.4 is 11.1 Å². The Morgan fingerprint density at radius 2 is 1.80 bits per heavy atom. The van der Waals surface area contributed by atoms with Crippen LogP contribution in [-0.2, 0) is 9.59 Å². The number of nitrogens with two attached hydrogens (primary N) is 1. The number of piperidine rings is 1. The first-order valence-corrected chi connectivity index (χ1v) is 7.04. The minimum Gasteiger partial charge on any atom is -0.481 e. The fraction of sp³-hybridized carbons (Fsp3) is 0.769. The molecule has 1 atom stereocenters. The van der Waals surface area contributed by atoms with Gasteiger partial charge >= 0.3 is 12.0 Å². The van der Waals surface area contributed by atoms with Crippen molar-refractivity contribution in [1.29, 1.82) is 0 Å². The molecule has 0 aromatic carbocycles. The van der Waals surface area contributed by atoms with Crippen molar-refractivity contribution in [2.75, 3.05) is 13.1 Å². The van der Waals surface area contributed by atoms with E-state index in [9.17, 15) is 14.4 Å². The van der Waals surface area contributed by atoms with Gasteiger partial charge in [0.15, 0.2) is 0 Å². The van der Waals surface area contributed by atoms with Crippen molar-refractivity contribution in [3.05, 3.63) is 0 Å². The Labute approximate surface area is 117 Å². The number of urea groups is 1. The van der Waals surface area contributed by atoms with E-state index >= 15 is 0 Å². The van der Waals surface area contributed by atoms with E-state index in [0.29, 0.717) is 31.8 Å². The molecule has 1 heterocycles. The maximum absolute atomic E-state index is 12.1. The molecule has 0 spiro atoms. The molecule has 1 saturated heterocycles. The minimum absolute atomic E-state index is 0.0336. The van der Waals surface area contributed by atoms with Gasteiger partial charge in [-0.2, -0.15) is 0 Å². The van der Waals surface area contributed by atoms with Gasteiger partial charge in [0.2, 0.25) is 5.91 Å². The number of carboxylic acids is 1. The van der Waals surface area contributed by atoms with Gasteiger partial charge in [0.1, 0.15) is 0 Å². The van der Waals surface area contributed by atoms with E-state index in [0.717, 1.165) is 12.8 Å². The lowest BCUT2D eigenvalue weighted by Crippen LogP contribution is -2.50. The zero-order valence-corrected chi connectivity index (χ0v) is 11.4. The van der Waals surface area contributed by atoms with Crippen LogP contribution in [0.3, 0.4) is 0 Å². The third kappa shape index (κ3) is 3.85. The third-order valence-corrected chi connectivity index (χ3v) is 4.08. The number of nitrogens with zero attached hydrogens (tertiary/aromatic N) is 1. The van der Waals surface area contributed by atoms with Crippen LogP contribution in [0.1, 0.15) is 32.1 Å². The van der Waals surface area contributed by atoms with Crippen LogP contribution in [0.2, 0.25) is 0 Å². The summed E-state index contributed by atoms with van der Waals surface area (Å²) in [5.41, 5.74) is 5.25. The number of hydrogen-bond acceptors (Lipinski definition) is 3. The van der Waals surface area contributed by atoms with E-state index in [2.05, 4.69) is 5.32 Å². The maximum atomic E-state index is 12.1. The van der Waals surface area contributed by atoms with E-state index in [1.54, 1.807) is 4.90 Å². The zero-order chi connectivity index (χ0) is 14.7. The number of nitrogens with one attached hydrogen (secondary N) is 1. The summed E-state index contributed by atoms with van der Waals surface area (Å²) in [7, 11) is 0. The van der Waals surface area contributed by atoms with Crippen LogP contribution in [-0.4, -0.2) is 47.0 Å². The highest BCUT2D eigenvalue weighted by molar-refractivity contribution is 5.78. The van der Waals surface area contributed by atoms with E-state index in [4.69, 9.17) is 10.8 Å². The standard InChI is InChI=1S/C13H21N3O4/c14-12(19)9-3-5-16(6-4-9)13(20)15-10(7-11(17)18)8-1-2-8/h8-10H,1-7H2,(H2,14,19)(H,15,20)(H,17,18). The van der Waals surface area contributed by atoms with Gasteiger partial charge in [-0.15, -0.1) is 0 Å². The molecule has 0 aromatic heterocycles. The van der Waals surface area contributed by atoms with E-state index in [-0.39, 0.29) is 30.3 Å². The molecule has 7 heteroatoms. The number of hydrogen-bond donors (Lipinski definition) is 3. The lowest BCUT2D eigenvalue weighted by molar-refractivity contribution is -0.137. The molecule has 7 nitrogen and oxygen atoms in total. The van der Waals surface area contributed by atoms with Crippen molar-refractivity contribution in [3.63, 3.8) is 0 Å². The maximum Gasteiger partial charge on any atom is 0.317 e. The molecule has 0 aromatic rings. The predicted molar refractivity (Wildman–Crippen MR) is 70.8 cm³/mol. The van der Waals surface area contributed by atoms with Gasteiger partial charge in [-0.05, 0) is 31.6 Å². The smallest absolute Gasteiger partial charge is 0.317 e. The molecular formula is C13H21N3O4. The Hall–Kier alpha value is -1.79. The second-order valence-electron chi connectivity index (χ2n) is 5.65. The Morgan fingerprint density at radius 1 is 1.20 bits per heavy atom. The minimum atomic E-state index is -0.894. The average molecular weight is 283 g/mol. The van der Waals surface area contributed by atoms with E-state index in [1.165, 1.54) is 0 Å². The summed E-state index contributed by atoms with van der Waals surface area (Å²) in [5, 5.41) is 11.7. The molecule has 112 valence electrons. The van der Waals surface area contributed by atoms with Crippen LogP contribution >= 0.6 is 0 Å². The summed E-state index contributed by atoms with van der Waals surface area (Å²) in [6, 6.07) is -0.514. The number of carboxylic acid groups (broad SMARTS) is 1. The van der Waals surface area contributed by atoms with Crippen LogP contribution in [0.15, 0.2) is 0 Å².